The molecule has 5 atom stereocenters. The maximum absolute atomic E-state index is 12.5. The van der Waals surface area contributed by atoms with E-state index >= 15 is 0 Å². The Balaban J connectivity index is 1.26. The topological polar surface area (TPSA) is 129 Å². The number of hydrogen-bond donors (Lipinski definition) is 4. The summed E-state index contributed by atoms with van der Waals surface area (Å²) >= 11 is 0. The van der Waals surface area contributed by atoms with Gasteiger partial charge < -0.3 is 30.1 Å². The molecule has 9 nitrogen and oxygen atoms in total. The first kappa shape index (κ1) is 38.8. The Bertz CT molecular complexity index is 1710. The molecule has 5 rings (SSSR count). The van der Waals surface area contributed by atoms with Gasteiger partial charge in [0.25, 0.3) is 0 Å². The Kier molecular flexibility index (Phi) is 14.5. The first-order valence-electron chi connectivity index (χ1n) is 18.3. The second-order valence-electron chi connectivity index (χ2n) is 13.8. The zero-order valence-electron chi connectivity index (χ0n) is 30.2. The number of aliphatic carboxylic acids is 1. The third-order valence-corrected chi connectivity index (χ3v) is 9.85. The maximum atomic E-state index is 12.5. The number of rotatable bonds is 18. The van der Waals surface area contributed by atoms with E-state index < -0.39 is 18.4 Å². The number of amides is 1. The number of carboxylic acid groups (broad SMARTS) is 1. The van der Waals surface area contributed by atoms with E-state index in [0.717, 1.165) is 58.2 Å². The summed E-state index contributed by atoms with van der Waals surface area (Å²) < 4.78 is 13.3. The van der Waals surface area contributed by atoms with Crippen molar-refractivity contribution in [3.05, 3.63) is 131 Å². The van der Waals surface area contributed by atoms with E-state index in [-0.39, 0.29) is 37.2 Å². The largest absolute Gasteiger partial charge is 0.481 e. The SMILES string of the molecule is C[C@@H]([C@H](O)c1ccccc1)N(C)C[C@@H]1C[C@H](c2ccc(CO)cc2)O[C@H](c2cccc(-c3cccc(CNC(=O)CCCCCCC(=O)O)c3)c2)O1. The third-order valence-electron chi connectivity index (χ3n) is 9.85. The Morgan fingerprint density at radius 3 is 2.21 bits per heavy atom. The number of carboxylic acids is 1. The van der Waals surface area contributed by atoms with Crippen LogP contribution < -0.4 is 5.32 Å². The number of benzene rings is 4. The van der Waals surface area contributed by atoms with Crippen LogP contribution in [0.1, 0.15) is 98.2 Å². The van der Waals surface area contributed by atoms with E-state index in [1.165, 1.54) is 0 Å². The molecule has 52 heavy (non-hydrogen) atoms. The number of likely N-dealkylation sites (N-methyl/N-ethyl adjacent to an activating group) is 1. The van der Waals surface area contributed by atoms with Gasteiger partial charge in [-0.1, -0.05) is 104 Å². The Morgan fingerprint density at radius 2 is 1.50 bits per heavy atom. The van der Waals surface area contributed by atoms with Crippen LogP contribution in [0.25, 0.3) is 11.1 Å². The number of carbonyl (C=O) groups is 2. The molecule has 4 aromatic carbocycles. The molecule has 1 amide bonds. The number of carbonyl (C=O) groups excluding carboxylic acids is 1. The van der Waals surface area contributed by atoms with Crippen LogP contribution in [0.5, 0.6) is 0 Å². The number of unbranched alkanes of at least 4 members (excludes halogenated alkanes) is 3. The van der Waals surface area contributed by atoms with Gasteiger partial charge in [-0.25, -0.2) is 0 Å². The summed E-state index contributed by atoms with van der Waals surface area (Å²) in [6.07, 6.45) is 2.56. The molecular formula is C43H52N2O7. The molecule has 0 bridgehead atoms. The lowest BCUT2D eigenvalue weighted by Crippen LogP contribution is -2.43. The van der Waals surface area contributed by atoms with Crippen molar-refractivity contribution in [2.75, 3.05) is 13.6 Å². The lowest BCUT2D eigenvalue weighted by molar-refractivity contribution is -0.253. The molecule has 0 unspecified atom stereocenters. The molecule has 276 valence electrons. The second kappa shape index (κ2) is 19.5. The minimum atomic E-state index is -0.781. The Hall–Kier alpha value is -4.38. The van der Waals surface area contributed by atoms with Crippen LogP contribution in [-0.2, 0) is 32.2 Å². The summed E-state index contributed by atoms with van der Waals surface area (Å²) in [4.78, 5) is 25.3. The van der Waals surface area contributed by atoms with Crippen LogP contribution in [0, 0.1) is 0 Å². The van der Waals surface area contributed by atoms with E-state index in [1.54, 1.807) is 0 Å². The summed E-state index contributed by atoms with van der Waals surface area (Å²) in [6.45, 7) is 3.01. The quantitative estimate of drug-likeness (QED) is 0.0784. The van der Waals surface area contributed by atoms with Gasteiger partial charge in [0.05, 0.1) is 24.9 Å². The number of nitrogens with one attached hydrogen (secondary N) is 1. The Morgan fingerprint density at radius 1 is 0.808 bits per heavy atom. The van der Waals surface area contributed by atoms with E-state index in [4.69, 9.17) is 14.6 Å². The molecule has 4 aromatic rings. The van der Waals surface area contributed by atoms with E-state index in [1.807, 2.05) is 98.9 Å². The third kappa shape index (κ3) is 11.3. The van der Waals surface area contributed by atoms with Crippen molar-refractivity contribution in [3.8, 4) is 11.1 Å². The lowest BCUT2D eigenvalue weighted by Gasteiger charge is -2.39. The van der Waals surface area contributed by atoms with Crippen LogP contribution >= 0.6 is 0 Å². The number of aliphatic hydroxyl groups excluding tert-OH is 2. The number of nitrogens with zero attached hydrogens (tertiary/aromatic N) is 1. The maximum Gasteiger partial charge on any atom is 0.303 e. The molecule has 1 saturated heterocycles. The summed E-state index contributed by atoms with van der Waals surface area (Å²) in [5, 5.41) is 32.5. The van der Waals surface area contributed by atoms with Gasteiger partial charge in [-0.2, -0.15) is 0 Å². The fourth-order valence-corrected chi connectivity index (χ4v) is 6.62. The van der Waals surface area contributed by atoms with Crippen molar-refractivity contribution in [1.82, 2.24) is 10.2 Å². The average molecular weight is 709 g/mol. The minimum absolute atomic E-state index is 0.0121. The monoisotopic (exact) mass is 708 g/mol. The highest BCUT2D eigenvalue weighted by Crippen LogP contribution is 2.39. The molecule has 1 heterocycles. The number of hydrogen-bond acceptors (Lipinski definition) is 7. The predicted octanol–water partition coefficient (Wildman–Crippen LogP) is 7.49. The van der Waals surface area contributed by atoms with Gasteiger partial charge in [0.1, 0.15) is 0 Å². The molecule has 0 saturated carbocycles. The first-order valence-corrected chi connectivity index (χ1v) is 18.3. The first-order chi connectivity index (χ1) is 25.2. The highest BCUT2D eigenvalue weighted by molar-refractivity contribution is 5.76. The molecule has 0 spiro atoms. The van der Waals surface area contributed by atoms with Gasteiger partial charge in [-0.05, 0) is 72.3 Å². The van der Waals surface area contributed by atoms with E-state index in [0.29, 0.717) is 32.4 Å². The smallest absolute Gasteiger partial charge is 0.303 e. The minimum Gasteiger partial charge on any atom is -0.481 e. The van der Waals surface area contributed by atoms with E-state index in [2.05, 4.69) is 28.4 Å². The zero-order valence-corrected chi connectivity index (χ0v) is 30.2. The van der Waals surface area contributed by atoms with Crippen molar-refractivity contribution in [1.29, 1.82) is 0 Å². The summed E-state index contributed by atoms with van der Waals surface area (Å²) in [5.74, 6) is -0.793. The average Bonchev–Trinajstić information content (AvgIpc) is 3.18. The molecule has 0 aromatic heterocycles. The molecule has 4 N–H and O–H groups in total. The van der Waals surface area contributed by atoms with Crippen molar-refractivity contribution in [2.45, 2.75) is 95.7 Å². The highest BCUT2D eigenvalue weighted by atomic mass is 16.7. The molecule has 1 fully saturated rings. The molecule has 0 aliphatic carbocycles. The Labute approximate surface area is 307 Å². The van der Waals surface area contributed by atoms with Gasteiger partial charge in [-0.15, -0.1) is 0 Å². The van der Waals surface area contributed by atoms with Crippen molar-refractivity contribution >= 4 is 11.9 Å². The fraction of sp³-hybridized carbons (Fsp3) is 0.395. The van der Waals surface area contributed by atoms with Crippen LogP contribution in [0.4, 0.5) is 0 Å². The van der Waals surface area contributed by atoms with Gasteiger partial charge in [-0.3, -0.25) is 14.5 Å². The molecule has 1 aliphatic rings. The summed E-state index contributed by atoms with van der Waals surface area (Å²) in [6, 6.07) is 33.7. The number of ether oxygens (including phenoxy) is 2. The van der Waals surface area contributed by atoms with Crippen LogP contribution in [0.15, 0.2) is 103 Å². The van der Waals surface area contributed by atoms with Gasteiger partial charge in [0, 0.05) is 44.0 Å². The van der Waals surface area contributed by atoms with Crippen LogP contribution in [0.3, 0.4) is 0 Å². The van der Waals surface area contributed by atoms with Crippen LogP contribution in [-0.4, -0.2) is 57.8 Å². The molecule has 9 heteroatoms. The van der Waals surface area contributed by atoms with Crippen molar-refractivity contribution < 1.29 is 34.4 Å². The molecular weight excluding hydrogens is 656 g/mol. The fourth-order valence-electron chi connectivity index (χ4n) is 6.62. The van der Waals surface area contributed by atoms with Crippen molar-refractivity contribution in [2.24, 2.45) is 0 Å². The number of aliphatic hydroxyl groups is 2. The van der Waals surface area contributed by atoms with Gasteiger partial charge in [0.15, 0.2) is 6.29 Å². The zero-order chi connectivity index (χ0) is 36.9. The van der Waals surface area contributed by atoms with Gasteiger partial charge in [0.2, 0.25) is 5.91 Å². The normalized spacial score (nSPS) is 18.5. The summed E-state index contributed by atoms with van der Waals surface area (Å²) in [7, 11) is 2.01. The second-order valence-corrected chi connectivity index (χ2v) is 13.8. The van der Waals surface area contributed by atoms with Crippen LogP contribution in [0.2, 0.25) is 0 Å². The highest BCUT2D eigenvalue weighted by Gasteiger charge is 2.34. The van der Waals surface area contributed by atoms with E-state index in [9.17, 15) is 19.8 Å². The predicted molar refractivity (Wildman–Crippen MR) is 201 cm³/mol. The molecule has 1 aliphatic heterocycles. The summed E-state index contributed by atoms with van der Waals surface area (Å²) in [5.41, 5.74) is 6.62. The van der Waals surface area contributed by atoms with Gasteiger partial charge >= 0.3 is 5.97 Å². The lowest BCUT2D eigenvalue weighted by atomic mass is 9.97. The van der Waals surface area contributed by atoms with Crippen molar-refractivity contribution in [3.63, 3.8) is 0 Å². The standard InChI is InChI=1S/C43H52N2O7/c1-30(42(50)34-13-6-5-7-14-34)45(2)28-38-26-39(33-22-20-31(29-46)21-23-33)52-43(51-38)37-17-11-16-36(25-37)35-15-10-12-32(24-35)27-44-40(47)18-8-3-4-9-19-41(48)49/h5-7,10-17,20-25,30,38-39,42-43,46,50H,3-4,8-9,18-19,26-29H2,1-2H3,(H,44,47)(H,48,49)/t30-,38-,39+,42-,43+/m0/s1. The molecule has 0 radical (unpaired) electrons.